The van der Waals surface area contributed by atoms with Gasteiger partial charge in [-0.1, -0.05) is 12.1 Å². The van der Waals surface area contributed by atoms with Crippen LogP contribution in [0.5, 0.6) is 5.75 Å². The zero-order valence-electron chi connectivity index (χ0n) is 8.08. The van der Waals surface area contributed by atoms with Gasteiger partial charge in [-0.3, -0.25) is 5.41 Å². The molecule has 0 saturated heterocycles. The molecular weight excluding hydrogens is 180 g/mol. The van der Waals surface area contributed by atoms with E-state index in [0.29, 0.717) is 11.3 Å². The van der Waals surface area contributed by atoms with Gasteiger partial charge in [0.2, 0.25) is 0 Å². The molecule has 0 atom stereocenters. The van der Waals surface area contributed by atoms with Crippen LogP contribution in [0.15, 0.2) is 18.2 Å². The van der Waals surface area contributed by atoms with E-state index in [1.165, 1.54) is 0 Å². The second kappa shape index (κ2) is 4.62. The van der Waals surface area contributed by atoms with Gasteiger partial charge < -0.3 is 15.6 Å². The minimum Gasteiger partial charge on any atom is -0.490 e. The Morgan fingerprint density at radius 2 is 2.29 bits per heavy atom. The topological polar surface area (TPSA) is 79.3 Å². The number of benzene rings is 1. The highest BCUT2D eigenvalue weighted by Gasteiger charge is 2.08. The van der Waals surface area contributed by atoms with Gasteiger partial charge in [-0.05, 0) is 18.6 Å². The Balaban J connectivity index is 3.02. The van der Waals surface area contributed by atoms with Crippen molar-refractivity contribution in [1.82, 2.24) is 0 Å². The standard InChI is InChI=1S/C10H14N2O2/c1-7-3-2-4-8(10(11)12)9(7)14-6-5-13/h2-4,13H,5-6H2,1H3,(H3,11,12). The van der Waals surface area contributed by atoms with E-state index in [4.69, 9.17) is 21.0 Å². The van der Waals surface area contributed by atoms with Crippen molar-refractivity contribution in [3.05, 3.63) is 29.3 Å². The molecule has 0 spiro atoms. The first-order valence-electron chi connectivity index (χ1n) is 4.34. The first-order chi connectivity index (χ1) is 6.66. The SMILES string of the molecule is Cc1cccc(C(=N)N)c1OCCO. The summed E-state index contributed by atoms with van der Waals surface area (Å²) < 4.78 is 5.31. The van der Waals surface area contributed by atoms with Gasteiger partial charge in [0.15, 0.2) is 0 Å². The van der Waals surface area contributed by atoms with Crippen LogP contribution >= 0.6 is 0 Å². The monoisotopic (exact) mass is 194 g/mol. The highest BCUT2D eigenvalue weighted by Crippen LogP contribution is 2.22. The lowest BCUT2D eigenvalue weighted by Gasteiger charge is -2.11. The van der Waals surface area contributed by atoms with Gasteiger partial charge in [-0.15, -0.1) is 0 Å². The highest BCUT2D eigenvalue weighted by molar-refractivity contribution is 5.98. The van der Waals surface area contributed by atoms with Gasteiger partial charge in [-0.25, -0.2) is 0 Å². The molecule has 0 aliphatic rings. The normalized spacial score (nSPS) is 9.86. The molecule has 0 bridgehead atoms. The summed E-state index contributed by atoms with van der Waals surface area (Å²) in [6.45, 7) is 2.04. The summed E-state index contributed by atoms with van der Waals surface area (Å²) in [4.78, 5) is 0. The van der Waals surface area contributed by atoms with Crippen molar-refractivity contribution in [1.29, 1.82) is 5.41 Å². The van der Waals surface area contributed by atoms with Gasteiger partial charge in [0.25, 0.3) is 0 Å². The fourth-order valence-electron chi connectivity index (χ4n) is 1.20. The molecule has 14 heavy (non-hydrogen) atoms. The molecule has 1 rings (SSSR count). The molecule has 0 aliphatic carbocycles. The summed E-state index contributed by atoms with van der Waals surface area (Å²) in [6.07, 6.45) is 0. The van der Waals surface area contributed by atoms with E-state index in [1.54, 1.807) is 6.07 Å². The first kappa shape index (κ1) is 10.5. The van der Waals surface area contributed by atoms with E-state index in [2.05, 4.69) is 0 Å². The molecule has 0 radical (unpaired) electrons. The van der Waals surface area contributed by atoms with Gasteiger partial charge in [-0.2, -0.15) is 0 Å². The Morgan fingerprint density at radius 1 is 1.57 bits per heavy atom. The maximum absolute atomic E-state index is 8.64. The third-order valence-electron chi connectivity index (χ3n) is 1.84. The number of para-hydroxylation sites is 1. The zero-order valence-corrected chi connectivity index (χ0v) is 8.08. The van der Waals surface area contributed by atoms with E-state index in [1.807, 2.05) is 19.1 Å². The number of rotatable bonds is 4. The second-order valence-corrected chi connectivity index (χ2v) is 2.94. The molecule has 0 saturated carbocycles. The average Bonchev–Trinajstić information content (AvgIpc) is 2.15. The van der Waals surface area contributed by atoms with Crippen molar-refractivity contribution in [2.75, 3.05) is 13.2 Å². The quantitative estimate of drug-likeness (QED) is 0.486. The third kappa shape index (κ3) is 2.23. The molecule has 1 aromatic carbocycles. The molecule has 0 fully saturated rings. The Morgan fingerprint density at radius 3 is 2.86 bits per heavy atom. The molecule has 0 unspecified atom stereocenters. The largest absolute Gasteiger partial charge is 0.490 e. The summed E-state index contributed by atoms with van der Waals surface area (Å²) in [6, 6.07) is 5.42. The predicted molar refractivity (Wildman–Crippen MR) is 54.8 cm³/mol. The maximum Gasteiger partial charge on any atom is 0.133 e. The second-order valence-electron chi connectivity index (χ2n) is 2.94. The van der Waals surface area contributed by atoms with Crippen molar-refractivity contribution in [3.63, 3.8) is 0 Å². The fraction of sp³-hybridized carbons (Fsp3) is 0.300. The van der Waals surface area contributed by atoms with E-state index in [9.17, 15) is 0 Å². The first-order valence-corrected chi connectivity index (χ1v) is 4.34. The molecule has 0 amide bonds. The van der Waals surface area contributed by atoms with Crippen molar-refractivity contribution in [3.8, 4) is 5.75 Å². The Bertz CT molecular complexity index is 337. The summed E-state index contributed by atoms with van der Waals surface area (Å²) in [5, 5.41) is 16.0. The zero-order chi connectivity index (χ0) is 10.6. The molecule has 1 aromatic rings. The van der Waals surface area contributed by atoms with Crippen LogP contribution in [0.1, 0.15) is 11.1 Å². The van der Waals surface area contributed by atoms with Gasteiger partial charge >= 0.3 is 0 Å². The van der Waals surface area contributed by atoms with Crippen LogP contribution in [-0.2, 0) is 0 Å². The smallest absolute Gasteiger partial charge is 0.133 e. The van der Waals surface area contributed by atoms with Crippen molar-refractivity contribution >= 4 is 5.84 Å². The van der Waals surface area contributed by atoms with Crippen LogP contribution in [0.2, 0.25) is 0 Å². The van der Waals surface area contributed by atoms with E-state index in [0.717, 1.165) is 5.56 Å². The maximum atomic E-state index is 8.64. The van der Waals surface area contributed by atoms with Crippen LogP contribution in [0.4, 0.5) is 0 Å². The molecule has 76 valence electrons. The lowest BCUT2D eigenvalue weighted by atomic mass is 10.1. The number of hydrogen-bond acceptors (Lipinski definition) is 3. The van der Waals surface area contributed by atoms with Gasteiger partial charge in [0.05, 0.1) is 12.2 Å². The molecule has 4 heteroatoms. The number of nitrogens with one attached hydrogen (secondary N) is 1. The van der Waals surface area contributed by atoms with Gasteiger partial charge in [0, 0.05) is 0 Å². The predicted octanol–water partition coefficient (Wildman–Crippen LogP) is 0.650. The van der Waals surface area contributed by atoms with Gasteiger partial charge in [0.1, 0.15) is 18.2 Å². The van der Waals surface area contributed by atoms with Crippen molar-refractivity contribution < 1.29 is 9.84 Å². The van der Waals surface area contributed by atoms with Crippen LogP contribution in [-0.4, -0.2) is 24.2 Å². The number of aliphatic hydroxyl groups is 1. The Kier molecular flexibility index (Phi) is 3.48. The molecule has 4 nitrogen and oxygen atoms in total. The van der Waals surface area contributed by atoms with Crippen molar-refractivity contribution in [2.24, 2.45) is 5.73 Å². The number of hydrogen-bond donors (Lipinski definition) is 3. The third-order valence-corrected chi connectivity index (χ3v) is 1.84. The van der Waals surface area contributed by atoms with Crippen LogP contribution in [0.25, 0.3) is 0 Å². The summed E-state index contributed by atoms with van der Waals surface area (Å²) in [5.74, 6) is 0.552. The fourth-order valence-corrected chi connectivity index (χ4v) is 1.20. The van der Waals surface area contributed by atoms with E-state index in [-0.39, 0.29) is 19.0 Å². The van der Waals surface area contributed by atoms with E-state index < -0.39 is 0 Å². The summed E-state index contributed by atoms with van der Waals surface area (Å²) in [5.41, 5.74) is 6.87. The summed E-state index contributed by atoms with van der Waals surface area (Å²) in [7, 11) is 0. The number of aryl methyl sites for hydroxylation is 1. The number of nitrogens with two attached hydrogens (primary N) is 1. The van der Waals surface area contributed by atoms with Crippen LogP contribution < -0.4 is 10.5 Å². The molecule has 0 aliphatic heterocycles. The lowest BCUT2D eigenvalue weighted by molar-refractivity contribution is 0.200. The lowest BCUT2D eigenvalue weighted by Crippen LogP contribution is -2.14. The van der Waals surface area contributed by atoms with Crippen LogP contribution in [0.3, 0.4) is 0 Å². The van der Waals surface area contributed by atoms with Crippen molar-refractivity contribution in [2.45, 2.75) is 6.92 Å². The highest BCUT2D eigenvalue weighted by atomic mass is 16.5. The Labute approximate surface area is 82.8 Å². The molecule has 0 aromatic heterocycles. The van der Waals surface area contributed by atoms with Crippen LogP contribution in [0, 0.1) is 12.3 Å². The number of aliphatic hydroxyl groups excluding tert-OH is 1. The van der Waals surface area contributed by atoms with E-state index >= 15 is 0 Å². The number of nitrogen functional groups attached to an aromatic ring is 1. The molecule has 0 heterocycles. The summed E-state index contributed by atoms with van der Waals surface area (Å²) >= 11 is 0. The molecule has 4 N–H and O–H groups in total. The minimum absolute atomic E-state index is 0.0263. The Hall–Kier alpha value is -1.55. The minimum atomic E-state index is -0.0499. The average molecular weight is 194 g/mol. The number of ether oxygens (including phenoxy) is 1. The molecular formula is C10H14N2O2. The number of amidine groups is 1.